The number of nitrogens with one attached hydrogen (secondary N) is 1. The molecule has 0 bridgehead atoms. The lowest BCUT2D eigenvalue weighted by Crippen LogP contribution is -2.12. The van der Waals surface area contributed by atoms with Gasteiger partial charge in [-0.15, -0.1) is 0 Å². The molecule has 0 unspecified atom stereocenters. The second-order valence-electron chi connectivity index (χ2n) is 1.83. The van der Waals surface area contributed by atoms with E-state index in [0.29, 0.717) is 0 Å². The highest BCUT2D eigenvalue weighted by atomic mass is 14.8. The van der Waals surface area contributed by atoms with E-state index in [2.05, 4.69) is 15.9 Å². The zero-order valence-corrected chi connectivity index (χ0v) is 5.39. The first-order chi connectivity index (χ1) is 4.43. The van der Waals surface area contributed by atoms with Crippen LogP contribution in [0, 0.1) is 0 Å². The summed E-state index contributed by atoms with van der Waals surface area (Å²) in [6, 6.07) is 0. The highest BCUT2D eigenvalue weighted by Gasteiger charge is 1.97. The van der Waals surface area contributed by atoms with Gasteiger partial charge in [0.15, 0.2) is 0 Å². The smallest absolute Gasteiger partial charge is 0.311 e. The van der Waals surface area contributed by atoms with Crippen LogP contribution in [0.4, 0.5) is 0 Å². The van der Waals surface area contributed by atoms with Crippen molar-refractivity contribution in [2.24, 2.45) is 0 Å². The molecule has 0 saturated carbocycles. The molecule has 2 nitrogen and oxygen atoms in total. The fourth-order valence-corrected chi connectivity index (χ4v) is 0.659. The van der Waals surface area contributed by atoms with Crippen LogP contribution in [-0.2, 0) is 0 Å². The quantitative estimate of drug-likeness (QED) is 0.490. The van der Waals surface area contributed by atoms with Crippen molar-refractivity contribution in [2.45, 2.75) is 0 Å². The fourth-order valence-electron chi connectivity index (χ4n) is 0.659. The first-order valence-electron chi connectivity index (χ1n) is 2.89. The molecule has 0 aromatic carbocycles. The van der Waals surface area contributed by atoms with Crippen molar-refractivity contribution in [3.05, 3.63) is 17.7 Å². The zero-order valence-electron chi connectivity index (χ0n) is 5.39. The normalized spacial score (nSPS) is 14.1. The van der Waals surface area contributed by atoms with Crippen molar-refractivity contribution in [2.75, 3.05) is 13.6 Å². The Morgan fingerprint density at radius 2 is 2.67 bits per heavy atom. The topological polar surface area (TPSA) is 26.1 Å². The van der Waals surface area contributed by atoms with Gasteiger partial charge in [0.2, 0.25) is 0 Å². The molecule has 2 heteroatoms. The third-order valence-corrected chi connectivity index (χ3v) is 1.06. The van der Waals surface area contributed by atoms with Crippen molar-refractivity contribution >= 4 is 12.1 Å². The zero-order chi connectivity index (χ0) is 6.53. The van der Waals surface area contributed by atoms with Gasteiger partial charge in [0, 0.05) is 6.54 Å². The maximum atomic E-state index is 3.84. The van der Waals surface area contributed by atoms with Crippen LogP contribution >= 0.6 is 0 Å². The van der Waals surface area contributed by atoms with Gasteiger partial charge in [0.25, 0.3) is 0 Å². The number of hydrogen-bond donors (Lipinski definition) is 1. The van der Waals surface area contributed by atoms with Crippen molar-refractivity contribution in [1.82, 2.24) is 9.98 Å². The average molecular weight is 121 g/mol. The van der Waals surface area contributed by atoms with Gasteiger partial charge in [-0.25, -0.2) is 0 Å². The number of nitrogens with zero attached hydrogens (tertiary/aromatic N) is 1. The first kappa shape index (κ1) is 6.06. The van der Waals surface area contributed by atoms with E-state index < -0.39 is 0 Å². The summed E-state index contributed by atoms with van der Waals surface area (Å²) in [7, 11) is 1.91. The highest BCUT2D eigenvalue weighted by Crippen LogP contribution is 1.86. The molecule has 1 heterocycles. The summed E-state index contributed by atoms with van der Waals surface area (Å²) in [6.45, 7) is 0.877. The summed E-state index contributed by atoms with van der Waals surface area (Å²) >= 11 is 0. The molecular weight excluding hydrogens is 112 g/mol. The molecule has 0 saturated heterocycles. The molecule has 1 N–H and O–H groups in total. The summed E-state index contributed by atoms with van der Waals surface area (Å²) in [5.41, 5.74) is 1.19. The van der Waals surface area contributed by atoms with E-state index in [0.717, 1.165) is 6.54 Å². The minimum Gasteiger partial charge on any atom is -0.315 e. The van der Waals surface area contributed by atoms with E-state index in [1.807, 2.05) is 19.2 Å². The highest BCUT2D eigenvalue weighted by molar-refractivity contribution is 5.83. The van der Waals surface area contributed by atoms with Crippen LogP contribution in [0.15, 0.2) is 17.7 Å². The van der Waals surface area contributed by atoms with Crippen molar-refractivity contribution in [3.8, 4) is 0 Å². The molecule has 1 rings (SSSR count). The monoisotopic (exact) mass is 121 g/mol. The van der Waals surface area contributed by atoms with Crippen LogP contribution in [0.2, 0.25) is 0 Å². The van der Waals surface area contributed by atoms with Crippen LogP contribution < -0.4 is 9.98 Å². The van der Waals surface area contributed by atoms with Crippen LogP contribution in [-0.4, -0.2) is 25.7 Å². The molecular formula is C7H9N2+. The number of rotatable bonds is 2. The summed E-state index contributed by atoms with van der Waals surface area (Å²) in [5, 5.41) is 3.03. The maximum absolute atomic E-state index is 3.84. The lowest BCUT2D eigenvalue weighted by Gasteiger charge is -1.90. The minimum atomic E-state index is 0.877. The lowest BCUT2D eigenvalue weighted by molar-refractivity contribution is 0.905. The van der Waals surface area contributed by atoms with Crippen LogP contribution in [0.5, 0.6) is 0 Å². The van der Waals surface area contributed by atoms with E-state index in [-0.39, 0.29) is 0 Å². The Labute approximate surface area is 54.3 Å². The molecule has 0 radical (unpaired) electrons. The van der Waals surface area contributed by atoms with E-state index in [4.69, 9.17) is 0 Å². The van der Waals surface area contributed by atoms with Gasteiger partial charge in [0.05, 0.1) is 11.6 Å². The third-order valence-electron chi connectivity index (χ3n) is 1.06. The average Bonchev–Trinajstić information content (AvgIpc) is 1.91. The Balaban J connectivity index is 2.57. The number of likely N-dealkylation sites (N-methyl/N-ethyl adjacent to an activating group) is 1. The van der Waals surface area contributed by atoms with Gasteiger partial charge in [0.1, 0.15) is 0 Å². The standard InChI is InChI=1S/C7H9N2/c1-8-5-7-3-2-4-9-6-7/h2-3,6,8H,5H2,1H3/q+1. The second kappa shape index (κ2) is 3.06. The fraction of sp³-hybridized carbons (Fsp3) is 0.286. The van der Waals surface area contributed by atoms with E-state index in [1.165, 1.54) is 5.57 Å². The SMILES string of the molecule is CNCC1=CC=C=[N+]=C1. The van der Waals surface area contributed by atoms with Crippen LogP contribution in [0.25, 0.3) is 0 Å². The molecule has 1 aliphatic heterocycles. The Hall–Kier alpha value is -1.07. The van der Waals surface area contributed by atoms with Gasteiger partial charge in [-0.2, -0.15) is 0 Å². The van der Waals surface area contributed by atoms with Gasteiger partial charge >= 0.3 is 12.1 Å². The van der Waals surface area contributed by atoms with E-state index >= 15 is 0 Å². The summed E-state index contributed by atoms with van der Waals surface area (Å²) < 4.78 is 3.84. The Morgan fingerprint density at radius 3 is 3.22 bits per heavy atom. The van der Waals surface area contributed by atoms with Crippen LogP contribution in [0.1, 0.15) is 0 Å². The molecule has 9 heavy (non-hydrogen) atoms. The molecule has 0 fully saturated rings. The molecule has 0 atom stereocenters. The molecule has 0 amide bonds. The molecule has 1 aliphatic rings. The molecule has 46 valence electrons. The van der Waals surface area contributed by atoms with Gasteiger partial charge < -0.3 is 5.32 Å². The lowest BCUT2D eigenvalue weighted by atomic mass is 10.2. The van der Waals surface area contributed by atoms with Gasteiger partial charge in [-0.1, -0.05) is 0 Å². The largest absolute Gasteiger partial charge is 0.315 e. The number of allylic oxidation sites excluding steroid dienone is 2. The summed E-state index contributed by atoms with van der Waals surface area (Å²) in [4.78, 5) is 0. The predicted octanol–water partition coefficient (Wildman–Crippen LogP) is -0.490. The molecule has 0 spiro atoms. The minimum absolute atomic E-state index is 0.877. The first-order valence-corrected chi connectivity index (χ1v) is 2.89. The van der Waals surface area contributed by atoms with E-state index in [9.17, 15) is 0 Å². The molecule has 0 aromatic heterocycles. The molecule has 0 aliphatic carbocycles. The Bertz CT molecular complexity index is 213. The summed E-state index contributed by atoms with van der Waals surface area (Å²) in [6.07, 6.45) is 5.60. The third kappa shape index (κ3) is 1.71. The van der Waals surface area contributed by atoms with Crippen molar-refractivity contribution < 1.29 is 0 Å². The van der Waals surface area contributed by atoms with Crippen molar-refractivity contribution in [1.29, 1.82) is 0 Å². The second-order valence-corrected chi connectivity index (χ2v) is 1.83. The summed E-state index contributed by atoms with van der Waals surface area (Å²) in [5.74, 6) is 2.71. The predicted molar refractivity (Wildman–Crippen MR) is 39.8 cm³/mol. The van der Waals surface area contributed by atoms with E-state index in [1.54, 1.807) is 6.21 Å². The number of hydrogen-bond acceptors (Lipinski definition) is 1. The Kier molecular flexibility index (Phi) is 2.06. The molecule has 0 aromatic rings. The van der Waals surface area contributed by atoms with Gasteiger partial charge in [-0.3, -0.25) is 0 Å². The van der Waals surface area contributed by atoms with Crippen molar-refractivity contribution in [3.63, 3.8) is 0 Å². The Morgan fingerprint density at radius 1 is 1.78 bits per heavy atom. The maximum Gasteiger partial charge on any atom is 0.311 e. The van der Waals surface area contributed by atoms with Crippen LogP contribution in [0.3, 0.4) is 0 Å². The van der Waals surface area contributed by atoms with Gasteiger partial charge in [-0.05, 0) is 17.8 Å².